The van der Waals surface area contributed by atoms with E-state index >= 15 is 0 Å². The molecule has 1 N–H and O–H groups in total. The summed E-state index contributed by atoms with van der Waals surface area (Å²) in [4.78, 5) is 11.4. The van der Waals surface area contributed by atoms with Gasteiger partial charge < -0.3 is 5.11 Å². The molecular formula is C29H25ClO2. The van der Waals surface area contributed by atoms with Crippen LogP contribution in [-0.2, 0) is 11.8 Å². The molecule has 0 heterocycles. The van der Waals surface area contributed by atoms with Crippen LogP contribution < -0.4 is 0 Å². The predicted octanol–water partition coefficient (Wildman–Crippen LogP) is 7.11. The highest BCUT2D eigenvalue weighted by atomic mass is 35.5. The van der Waals surface area contributed by atoms with Gasteiger partial charge in [-0.3, -0.25) is 0 Å². The molecule has 0 bridgehead atoms. The van der Waals surface area contributed by atoms with Crippen molar-refractivity contribution in [2.75, 3.05) is 0 Å². The summed E-state index contributed by atoms with van der Waals surface area (Å²) in [7, 11) is 0. The van der Waals surface area contributed by atoms with Crippen LogP contribution in [0.3, 0.4) is 0 Å². The van der Waals surface area contributed by atoms with Crippen molar-refractivity contribution in [3.8, 4) is 11.8 Å². The van der Waals surface area contributed by atoms with Crippen molar-refractivity contribution < 1.29 is 9.90 Å². The SMILES string of the molecule is CCc1cc(C#Cc2ccc3c(c2)C(c2ccc(Cl)cc2)=CCC3(C)C)ccc1C(=O)O. The maximum absolute atomic E-state index is 11.4. The molecule has 160 valence electrons. The molecule has 0 amide bonds. The molecule has 3 aromatic carbocycles. The molecule has 32 heavy (non-hydrogen) atoms. The Balaban J connectivity index is 1.74. The van der Waals surface area contributed by atoms with E-state index in [1.165, 1.54) is 16.7 Å². The number of carboxylic acids is 1. The summed E-state index contributed by atoms with van der Waals surface area (Å²) in [6.07, 6.45) is 3.93. The van der Waals surface area contributed by atoms with Crippen LogP contribution in [0.25, 0.3) is 5.57 Å². The Bertz CT molecular complexity index is 1280. The molecule has 1 aliphatic carbocycles. The lowest BCUT2D eigenvalue weighted by Gasteiger charge is -2.32. The molecule has 0 spiro atoms. The number of hydrogen-bond donors (Lipinski definition) is 1. The lowest BCUT2D eigenvalue weighted by atomic mass is 9.72. The van der Waals surface area contributed by atoms with E-state index in [4.69, 9.17) is 11.6 Å². The number of aryl methyl sites for hydroxylation is 1. The van der Waals surface area contributed by atoms with Gasteiger partial charge in [-0.25, -0.2) is 4.79 Å². The van der Waals surface area contributed by atoms with Gasteiger partial charge in [-0.15, -0.1) is 0 Å². The molecule has 2 nitrogen and oxygen atoms in total. The van der Waals surface area contributed by atoms with Crippen molar-refractivity contribution in [2.45, 2.75) is 39.0 Å². The van der Waals surface area contributed by atoms with Gasteiger partial charge in [-0.2, -0.15) is 0 Å². The van der Waals surface area contributed by atoms with Crippen LogP contribution in [0.1, 0.15) is 70.9 Å². The second kappa shape index (κ2) is 8.69. The van der Waals surface area contributed by atoms with Crippen LogP contribution in [0.2, 0.25) is 5.02 Å². The number of benzene rings is 3. The average molecular weight is 441 g/mol. The van der Waals surface area contributed by atoms with Gasteiger partial charge in [0.05, 0.1) is 5.56 Å². The zero-order valence-electron chi connectivity index (χ0n) is 18.5. The Morgan fingerprint density at radius 1 is 1.00 bits per heavy atom. The standard InChI is InChI=1S/C29H25ClO2/c1-4-21-17-19(7-13-25(21)28(31)32)5-6-20-8-14-27-26(18-20)24(15-16-29(27,2)3)22-9-11-23(30)12-10-22/h7-15,17-18H,4,16H2,1-3H3,(H,31,32). The number of carbonyl (C=O) groups is 1. The third-order valence-electron chi connectivity index (χ3n) is 6.08. The normalized spacial score (nSPS) is 14.1. The second-order valence-corrected chi connectivity index (χ2v) is 9.19. The molecule has 0 atom stereocenters. The van der Waals surface area contributed by atoms with Gasteiger partial charge in [0.25, 0.3) is 0 Å². The van der Waals surface area contributed by atoms with Crippen molar-refractivity contribution in [1.29, 1.82) is 0 Å². The Labute approximate surface area is 194 Å². The zero-order chi connectivity index (χ0) is 22.9. The van der Waals surface area contributed by atoms with Crippen LogP contribution in [0.4, 0.5) is 0 Å². The second-order valence-electron chi connectivity index (χ2n) is 8.75. The van der Waals surface area contributed by atoms with Crippen LogP contribution in [-0.4, -0.2) is 11.1 Å². The van der Waals surface area contributed by atoms with Crippen LogP contribution in [0.5, 0.6) is 0 Å². The highest BCUT2D eigenvalue weighted by Crippen LogP contribution is 2.41. The first kappa shape index (κ1) is 21.9. The number of allylic oxidation sites excluding steroid dienone is 1. The van der Waals surface area contributed by atoms with E-state index in [0.717, 1.165) is 33.7 Å². The van der Waals surface area contributed by atoms with Gasteiger partial charge in [0, 0.05) is 16.1 Å². The fraction of sp³-hybridized carbons (Fsp3) is 0.207. The van der Waals surface area contributed by atoms with Crippen molar-refractivity contribution >= 4 is 23.1 Å². The Kier molecular flexibility index (Phi) is 5.96. The van der Waals surface area contributed by atoms with E-state index in [0.29, 0.717) is 12.0 Å². The number of carboxylic acid groups (broad SMARTS) is 1. The first-order valence-electron chi connectivity index (χ1n) is 10.8. The molecule has 3 heteroatoms. The molecule has 0 radical (unpaired) electrons. The van der Waals surface area contributed by atoms with Gasteiger partial charge in [-0.05, 0) is 88.5 Å². The van der Waals surface area contributed by atoms with Crippen LogP contribution in [0, 0.1) is 11.8 Å². The minimum absolute atomic E-state index is 0.0555. The molecule has 4 rings (SSSR count). The van der Waals surface area contributed by atoms with E-state index in [9.17, 15) is 9.90 Å². The maximum Gasteiger partial charge on any atom is 0.335 e. The Hall–Kier alpha value is -3.28. The predicted molar refractivity (Wildman–Crippen MR) is 131 cm³/mol. The number of hydrogen-bond acceptors (Lipinski definition) is 1. The van der Waals surface area contributed by atoms with Gasteiger partial charge in [0.2, 0.25) is 0 Å². The molecule has 0 unspecified atom stereocenters. The third-order valence-corrected chi connectivity index (χ3v) is 6.33. The Morgan fingerprint density at radius 2 is 1.66 bits per heavy atom. The van der Waals surface area contributed by atoms with Crippen LogP contribution >= 0.6 is 11.6 Å². The zero-order valence-corrected chi connectivity index (χ0v) is 19.3. The molecule has 0 aromatic heterocycles. The number of aromatic carboxylic acids is 1. The summed E-state index contributed by atoms with van der Waals surface area (Å²) in [6.45, 7) is 6.49. The maximum atomic E-state index is 11.4. The van der Waals surface area contributed by atoms with E-state index in [1.54, 1.807) is 12.1 Å². The summed E-state index contributed by atoms with van der Waals surface area (Å²) in [5.41, 5.74) is 7.81. The lowest BCUT2D eigenvalue weighted by molar-refractivity contribution is 0.0695. The molecule has 0 saturated heterocycles. The van der Waals surface area contributed by atoms with Gasteiger partial charge >= 0.3 is 5.97 Å². The van der Waals surface area contributed by atoms with E-state index in [2.05, 4.69) is 62.1 Å². The summed E-state index contributed by atoms with van der Waals surface area (Å²) in [6, 6.07) is 19.7. The molecule has 3 aromatic rings. The summed E-state index contributed by atoms with van der Waals surface area (Å²) < 4.78 is 0. The quantitative estimate of drug-likeness (QED) is 0.440. The Morgan fingerprint density at radius 3 is 2.31 bits per heavy atom. The summed E-state index contributed by atoms with van der Waals surface area (Å²) in [5, 5.41) is 10.1. The van der Waals surface area contributed by atoms with Crippen molar-refractivity contribution in [3.63, 3.8) is 0 Å². The highest BCUT2D eigenvalue weighted by Gasteiger charge is 2.28. The smallest absolute Gasteiger partial charge is 0.335 e. The van der Waals surface area contributed by atoms with Gasteiger partial charge in [0.15, 0.2) is 0 Å². The van der Waals surface area contributed by atoms with Crippen LogP contribution in [0.15, 0.2) is 66.7 Å². The number of rotatable bonds is 3. The lowest BCUT2D eigenvalue weighted by Crippen LogP contribution is -2.21. The van der Waals surface area contributed by atoms with Crippen molar-refractivity contribution in [3.05, 3.63) is 111 Å². The van der Waals surface area contributed by atoms with E-state index < -0.39 is 5.97 Å². The topological polar surface area (TPSA) is 37.3 Å². The molecule has 1 aliphatic rings. The van der Waals surface area contributed by atoms with Gasteiger partial charge in [-0.1, -0.05) is 68.5 Å². The number of fused-ring (bicyclic) bond motifs is 1. The van der Waals surface area contributed by atoms with Crippen molar-refractivity contribution in [1.82, 2.24) is 0 Å². The summed E-state index contributed by atoms with van der Waals surface area (Å²) in [5.74, 6) is 5.58. The average Bonchev–Trinajstić information content (AvgIpc) is 2.78. The third kappa shape index (κ3) is 4.35. The molecule has 0 fully saturated rings. The summed E-state index contributed by atoms with van der Waals surface area (Å²) >= 11 is 6.10. The molecule has 0 saturated carbocycles. The minimum Gasteiger partial charge on any atom is -0.478 e. The fourth-order valence-corrected chi connectivity index (χ4v) is 4.36. The minimum atomic E-state index is -0.903. The molecular weight excluding hydrogens is 416 g/mol. The van der Waals surface area contributed by atoms with E-state index in [-0.39, 0.29) is 5.41 Å². The largest absolute Gasteiger partial charge is 0.478 e. The first-order valence-corrected chi connectivity index (χ1v) is 11.2. The first-order chi connectivity index (χ1) is 15.3. The van der Waals surface area contributed by atoms with Gasteiger partial charge in [0.1, 0.15) is 0 Å². The molecule has 0 aliphatic heterocycles. The number of halogens is 1. The fourth-order valence-electron chi connectivity index (χ4n) is 4.23. The van der Waals surface area contributed by atoms with Crippen molar-refractivity contribution in [2.24, 2.45) is 0 Å². The monoisotopic (exact) mass is 440 g/mol. The van der Waals surface area contributed by atoms with E-state index in [1.807, 2.05) is 25.1 Å². The highest BCUT2D eigenvalue weighted by molar-refractivity contribution is 6.30.